The topological polar surface area (TPSA) is 268 Å². The van der Waals surface area contributed by atoms with Gasteiger partial charge >= 0.3 is 32.1 Å². The van der Waals surface area contributed by atoms with Gasteiger partial charge < -0.3 is 46.4 Å². The number of imidazole rings is 1. The molecule has 3 aliphatic rings. The minimum Gasteiger partial charge on any atom is -0.414 e. The molecule has 7 heterocycles. The molecule has 22 nitrogen and oxygen atoms in total. The maximum absolute atomic E-state index is 15.9. The Balaban J connectivity index is 1.15. The monoisotopic (exact) mass is 1090 g/mol. The first-order valence-corrected chi connectivity index (χ1v) is 31.2. The third-order valence-electron chi connectivity index (χ3n) is 13.3. The first kappa shape index (κ1) is 54.1. The number of carbonyl (C=O) groups is 1. The van der Waals surface area contributed by atoms with E-state index >= 15 is 4.39 Å². The third kappa shape index (κ3) is 10.4. The maximum atomic E-state index is 15.9. The van der Waals surface area contributed by atoms with Crippen LogP contribution < -0.4 is 10.9 Å². The Hall–Kier alpha value is -4.14. The van der Waals surface area contributed by atoms with Gasteiger partial charge in [0.2, 0.25) is 0 Å². The SMILES string of the molecule is CC(C)[Si]1(C(C)C)OC[C@H]2O[C@@H](n3cc(F)c4c(=O)[nH]cnc43)[C@H](OP(=S)(OCCC#N)OC[C@H]3O[C@@H](n4cnc5c(NC(=O)c6ccccc6)ncnc54)[C@H](C)[C@@H]3O[P+](=O)O)[C@@H]2O[Si](C(C)C)(C(C)C)O1. The zero-order valence-corrected chi connectivity index (χ0v) is 45.7. The first-order valence-electron chi connectivity index (χ1n) is 23.6. The molecule has 1 aromatic carbocycles. The van der Waals surface area contributed by atoms with Crippen molar-refractivity contribution < 1.29 is 59.2 Å². The van der Waals surface area contributed by atoms with Gasteiger partial charge in [0, 0.05) is 22.2 Å². The van der Waals surface area contributed by atoms with Gasteiger partial charge in [-0.15, -0.1) is 9.42 Å². The largest absolute Gasteiger partial charge is 0.695 e. The molecular formula is C44H59FN9O13P2SSi2+. The van der Waals surface area contributed by atoms with Gasteiger partial charge in [-0.2, -0.15) is 5.26 Å². The zero-order valence-electron chi connectivity index (χ0n) is 41.1. The second-order valence-electron chi connectivity index (χ2n) is 19.1. The fourth-order valence-corrected chi connectivity index (χ4v) is 23.6. The number of rotatable bonds is 18. The van der Waals surface area contributed by atoms with Gasteiger partial charge in [-0.1, -0.05) is 80.5 Å². The van der Waals surface area contributed by atoms with Crippen LogP contribution in [0, 0.1) is 23.1 Å². The summed E-state index contributed by atoms with van der Waals surface area (Å²) in [5, 5.41) is 12.1. The molecule has 3 saturated heterocycles. The molecule has 0 saturated carbocycles. The molecule has 0 radical (unpaired) electrons. The zero-order chi connectivity index (χ0) is 51.9. The van der Waals surface area contributed by atoms with Crippen LogP contribution >= 0.6 is 15.0 Å². The molecule has 3 fully saturated rings. The van der Waals surface area contributed by atoms with Crippen LogP contribution in [-0.2, 0) is 56.9 Å². The summed E-state index contributed by atoms with van der Waals surface area (Å²) in [6.45, 7) is 13.4. The van der Waals surface area contributed by atoms with Crippen molar-refractivity contribution in [3.8, 4) is 6.07 Å². The van der Waals surface area contributed by atoms with Crippen LogP contribution in [-0.4, -0.2) is 112 Å². The number of amides is 1. The number of carbonyl (C=O) groups excluding carboxylic acids is 1. The Morgan fingerprint density at radius 3 is 2.38 bits per heavy atom. The van der Waals surface area contributed by atoms with E-state index in [1.165, 1.54) is 17.2 Å². The fraction of sp³-hybridized carbons (Fsp3) is 0.568. The quantitative estimate of drug-likeness (QED) is 0.0427. The average molecular weight is 1090 g/mol. The number of nitrogens with zero attached hydrogens (tertiary/aromatic N) is 7. The van der Waals surface area contributed by atoms with Crippen molar-refractivity contribution in [2.24, 2.45) is 5.92 Å². The number of nitrogens with one attached hydrogen (secondary N) is 2. The summed E-state index contributed by atoms with van der Waals surface area (Å²) in [6.07, 6.45) is -2.79. The van der Waals surface area contributed by atoms with E-state index in [4.69, 9.17) is 52.3 Å². The van der Waals surface area contributed by atoms with Crippen LogP contribution in [0.15, 0.2) is 60.3 Å². The minimum absolute atomic E-state index is 0.000542. The van der Waals surface area contributed by atoms with Crippen molar-refractivity contribution >= 4 is 77.8 Å². The number of hydrogen-bond donors (Lipinski definition) is 3. The molecule has 4 aromatic heterocycles. The summed E-state index contributed by atoms with van der Waals surface area (Å²) in [6, 6.07) is 10.6. The molecule has 2 unspecified atom stereocenters. The number of anilines is 1. The van der Waals surface area contributed by atoms with E-state index in [9.17, 15) is 24.3 Å². The molecule has 28 heteroatoms. The Bertz CT molecular complexity index is 2910. The lowest BCUT2D eigenvalue weighted by Gasteiger charge is -2.51. The summed E-state index contributed by atoms with van der Waals surface area (Å²) in [7, 11) is -9.68. The predicted octanol–water partition coefficient (Wildman–Crippen LogP) is 7.93. The minimum atomic E-state index is -4.13. The molecule has 388 valence electrons. The average Bonchev–Trinajstić information content (AvgIpc) is 4.08. The summed E-state index contributed by atoms with van der Waals surface area (Å²) in [5.74, 6) is -1.81. The number of benzene rings is 1. The van der Waals surface area contributed by atoms with Gasteiger partial charge in [0.15, 0.2) is 40.8 Å². The molecular weight excluding hydrogens is 1030 g/mol. The smallest absolute Gasteiger partial charge is 0.414 e. The normalized spacial score (nSPS) is 26.2. The van der Waals surface area contributed by atoms with E-state index in [0.29, 0.717) is 5.56 Å². The molecule has 0 spiro atoms. The fourth-order valence-electron chi connectivity index (χ4n) is 9.82. The van der Waals surface area contributed by atoms with Crippen molar-refractivity contribution in [1.82, 2.24) is 34.1 Å². The van der Waals surface area contributed by atoms with E-state index in [1.807, 2.05) is 33.8 Å². The molecule has 10 atom stereocenters. The molecule has 5 aromatic rings. The Morgan fingerprint density at radius 1 is 1.00 bits per heavy atom. The Labute approximate surface area is 422 Å². The Morgan fingerprint density at radius 2 is 1.71 bits per heavy atom. The lowest BCUT2D eigenvalue weighted by atomic mass is 10.0. The lowest BCUT2D eigenvalue weighted by Crippen LogP contribution is -2.65. The number of aromatic nitrogens is 7. The number of aromatic amines is 1. The highest BCUT2D eigenvalue weighted by Crippen LogP contribution is 2.57. The predicted molar refractivity (Wildman–Crippen MR) is 267 cm³/mol. The molecule has 1 amide bonds. The highest BCUT2D eigenvalue weighted by Gasteiger charge is 2.63. The van der Waals surface area contributed by atoms with E-state index in [0.717, 1.165) is 12.5 Å². The molecule has 3 N–H and O–H groups in total. The van der Waals surface area contributed by atoms with Gasteiger partial charge in [0.1, 0.15) is 42.4 Å². The van der Waals surface area contributed by atoms with E-state index < -0.39 is 105 Å². The number of hydrogen-bond acceptors (Lipinski definition) is 18. The van der Waals surface area contributed by atoms with Gasteiger partial charge in [0.25, 0.3) is 11.5 Å². The van der Waals surface area contributed by atoms with Crippen LogP contribution in [0.4, 0.5) is 10.2 Å². The second-order valence-corrected chi connectivity index (χ2v) is 31.6. The van der Waals surface area contributed by atoms with Crippen LogP contribution in [0.5, 0.6) is 0 Å². The molecule has 8 rings (SSSR count). The number of nitriles is 1. The first-order chi connectivity index (χ1) is 34.2. The summed E-state index contributed by atoms with van der Waals surface area (Å²) in [4.78, 5) is 56.2. The van der Waals surface area contributed by atoms with Crippen molar-refractivity contribution in [1.29, 1.82) is 5.26 Å². The van der Waals surface area contributed by atoms with Crippen LogP contribution in [0.1, 0.15) is 91.5 Å². The van der Waals surface area contributed by atoms with E-state index in [1.54, 1.807) is 41.8 Å². The van der Waals surface area contributed by atoms with Crippen molar-refractivity contribution in [3.05, 3.63) is 77.2 Å². The van der Waals surface area contributed by atoms with Gasteiger partial charge in [-0.3, -0.25) is 18.7 Å². The van der Waals surface area contributed by atoms with Crippen molar-refractivity contribution in [2.45, 2.75) is 134 Å². The molecule has 72 heavy (non-hydrogen) atoms. The number of ether oxygens (including phenoxy) is 2. The van der Waals surface area contributed by atoms with Gasteiger partial charge in [-0.25, -0.2) is 24.3 Å². The molecule has 0 aliphatic carbocycles. The maximum Gasteiger partial charge on any atom is 0.695 e. The van der Waals surface area contributed by atoms with Gasteiger partial charge in [-0.05, 0) is 46.1 Å². The Kier molecular flexibility index (Phi) is 16.5. The van der Waals surface area contributed by atoms with Crippen LogP contribution in [0.3, 0.4) is 0 Å². The number of fused-ring (bicyclic) bond motifs is 3. The summed E-state index contributed by atoms with van der Waals surface area (Å²) >= 11 is 6.20. The van der Waals surface area contributed by atoms with Crippen molar-refractivity contribution in [2.75, 3.05) is 25.1 Å². The number of halogens is 1. The molecule has 0 bridgehead atoms. The standard InChI is InChI=1S/C44H58FN9O13P2SSi2/c1-24(2)71(25(3)4)61-20-32-36(66-72(67-71,26(5)6)27(7)8)37(44(63-32)53-18-30(45)33-39(53)48-22-50-42(33)56)65-69(70,59-17-13-16-46)60-19-31-35(64-68(57)58)28(9)43(62-31)54-23-51-34-38(47-21-49-40(34)54)52-41(55)29-14-11-10-12-15-29/h10-12,14-15,18,21-28,31-32,35-37,43-44H,13,17,19-20H2,1-9H3,(H2-,47,48,49,50,52,55,56,57,58)/p+1/t28-,31-,32-,35+,36-,37-,43-,44-,69?/m1/s1. The van der Waals surface area contributed by atoms with Crippen molar-refractivity contribution in [3.63, 3.8) is 0 Å². The summed E-state index contributed by atoms with van der Waals surface area (Å²) in [5.41, 5.74) is -0.117. The lowest BCUT2D eigenvalue weighted by molar-refractivity contribution is -0.0583. The highest BCUT2D eigenvalue weighted by molar-refractivity contribution is 8.07. The van der Waals surface area contributed by atoms with E-state index in [-0.39, 0.29) is 69.8 Å². The third-order valence-corrected chi connectivity index (χ3v) is 26.4. The second kappa shape index (κ2) is 22.0. The molecule has 3 aliphatic heterocycles. The van der Waals surface area contributed by atoms with Gasteiger partial charge in [0.05, 0.1) is 45.0 Å². The summed E-state index contributed by atoms with van der Waals surface area (Å²) < 4.78 is 91.8. The van der Waals surface area contributed by atoms with Crippen LogP contribution in [0.2, 0.25) is 22.2 Å². The highest BCUT2D eigenvalue weighted by atomic mass is 32.5. The van der Waals surface area contributed by atoms with Crippen LogP contribution in [0.25, 0.3) is 22.2 Å². The van der Waals surface area contributed by atoms with E-state index in [2.05, 4.69) is 57.9 Å². The number of H-pyrrole nitrogens is 1.